The fraction of sp³-hybridized carbons (Fsp3) is 0.273. The second-order valence-electron chi connectivity index (χ2n) is 7.31. The molecule has 0 bridgehead atoms. The summed E-state index contributed by atoms with van der Waals surface area (Å²) in [6, 6.07) is 7.91. The molecular weight excluding hydrogens is 441 g/mol. The van der Waals surface area contributed by atoms with Crippen molar-refractivity contribution in [3.8, 4) is 10.6 Å². The number of alkyl halides is 3. The minimum absolute atomic E-state index is 0.0744. The molecule has 1 aliphatic heterocycles. The second kappa shape index (κ2) is 9.07. The molecule has 1 fully saturated rings. The van der Waals surface area contributed by atoms with Crippen LogP contribution in [0, 0.1) is 0 Å². The van der Waals surface area contributed by atoms with Gasteiger partial charge in [-0.05, 0) is 36.4 Å². The van der Waals surface area contributed by atoms with Crippen LogP contribution >= 0.6 is 11.3 Å². The summed E-state index contributed by atoms with van der Waals surface area (Å²) < 4.78 is 38.1. The van der Waals surface area contributed by atoms with Gasteiger partial charge in [-0.1, -0.05) is 0 Å². The Kier molecular flexibility index (Phi) is 6.22. The first-order valence-electron chi connectivity index (χ1n) is 9.90. The average molecular weight is 460 g/mol. The first-order valence-corrected chi connectivity index (χ1v) is 10.8. The first-order chi connectivity index (χ1) is 15.3. The van der Waals surface area contributed by atoms with E-state index in [1.807, 2.05) is 17.5 Å². The number of halogens is 3. The van der Waals surface area contributed by atoms with Gasteiger partial charge < -0.3 is 9.80 Å². The van der Waals surface area contributed by atoms with Crippen molar-refractivity contribution in [1.29, 1.82) is 0 Å². The van der Waals surface area contributed by atoms with Crippen LogP contribution in [0.5, 0.6) is 0 Å². The zero-order chi connectivity index (χ0) is 22.7. The zero-order valence-electron chi connectivity index (χ0n) is 16.9. The summed E-state index contributed by atoms with van der Waals surface area (Å²) in [5, 5.41) is 2.65. The standard InChI is InChI=1S/C22H19F3N4O2S/c23-22(24,25)17-5-3-15(4-6-17)21(31)29-10-8-28(9-11-29)19(30)12-18-14-32-20(27-18)16-2-1-7-26-13-16/h1-7,13-14H,8-12H2. The van der Waals surface area contributed by atoms with Crippen LogP contribution in [0.3, 0.4) is 0 Å². The lowest BCUT2D eigenvalue weighted by Crippen LogP contribution is -2.51. The maximum absolute atomic E-state index is 12.7. The van der Waals surface area contributed by atoms with Crippen molar-refractivity contribution in [2.75, 3.05) is 26.2 Å². The van der Waals surface area contributed by atoms with Crippen LogP contribution < -0.4 is 0 Å². The molecule has 2 amide bonds. The van der Waals surface area contributed by atoms with Crippen LogP contribution in [0.25, 0.3) is 10.6 Å². The Morgan fingerprint density at radius 1 is 1.00 bits per heavy atom. The normalized spacial score (nSPS) is 14.5. The van der Waals surface area contributed by atoms with E-state index in [2.05, 4.69) is 9.97 Å². The molecule has 6 nitrogen and oxygen atoms in total. The molecule has 3 aromatic rings. The van der Waals surface area contributed by atoms with Gasteiger partial charge in [-0.3, -0.25) is 14.6 Å². The molecule has 0 aliphatic carbocycles. The third-order valence-electron chi connectivity index (χ3n) is 5.17. The van der Waals surface area contributed by atoms with E-state index in [9.17, 15) is 22.8 Å². The summed E-state index contributed by atoms with van der Waals surface area (Å²) in [6.07, 6.45) is -0.867. The van der Waals surface area contributed by atoms with Crippen molar-refractivity contribution in [2.24, 2.45) is 0 Å². The van der Waals surface area contributed by atoms with Crippen molar-refractivity contribution in [1.82, 2.24) is 19.8 Å². The van der Waals surface area contributed by atoms with E-state index >= 15 is 0 Å². The summed E-state index contributed by atoms with van der Waals surface area (Å²) >= 11 is 1.45. The molecule has 4 rings (SSSR count). The Morgan fingerprint density at radius 2 is 1.69 bits per heavy atom. The van der Waals surface area contributed by atoms with Gasteiger partial charge in [0.1, 0.15) is 5.01 Å². The topological polar surface area (TPSA) is 66.4 Å². The van der Waals surface area contributed by atoms with Crippen molar-refractivity contribution in [3.63, 3.8) is 0 Å². The van der Waals surface area contributed by atoms with Gasteiger partial charge in [-0.15, -0.1) is 11.3 Å². The number of carbonyl (C=O) groups excluding carboxylic acids is 2. The zero-order valence-corrected chi connectivity index (χ0v) is 17.7. The molecule has 2 aromatic heterocycles. The van der Waals surface area contributed by atoms with E-state index in [1.54, 1.807) is 22.2 Å². The third kappa shape index (κ3) is 4.96. The number of carbonyl (C=O) groups is 2. The molecule has 0 unspecified atom stereocenters. The lowest BCUT2D eigenvalue weighted by atomic mass is 10.1. The summed E-state index contributed by atoms with van der Waals surface area (Å²) in [4.78, 5) is 37.1. The number of thiazole rings is 1. The Labute approximate surface area is 186 Å². The maximum atomic E-state index is 12.7. The Bertz CT molecular complexity index is 1090. The fourth-order valence-electron chi connectivity index (χ4n) is 3.42. The monoisotopic (exact) mass is 460 g/mol. The van der Waals surface area contributed by atoms with E-state index in [1.165, 1.54) is 23.5 Å². The highest BCUT2D eigenvalue weighted by molar-refractivity contribution is 7.13. The molecule has 3 heterocycles. The van der Waals surface area contributed by atoms with Gasteiger partial charge in [0.15, 0.2) is 0 Å². The van der Waals surface area contributed by atoms with Crippen molar-refractivity contribution >= 4 is 23.2 Å². The molecule has 0 atom stereocenters. The van der Waals surface area contributed by atoms with Crippen LogP contribution in [-0.2, 0) is 17.4 Å². The number of hydrogen-bond acceptors (Lipinski definition) is 5. The Balaban J connectivity index is 1.31. The van der Waals surface area contributed by atoms with Crippen LogP contribution in [0.15, 0.2) is 54.2 Å². The average Bonchev–Trinajstić information content (AvgIpc) is 3.27. The molecule has 1 aliphatic rings. The lowest BCUT2D eigenvalue weighted by molar-refractivity contribution is -0.137. The van der Waals surface area contributed by atoms with Gasteiger partial charge in [0.2, 0.25) is 5.91 Å². The van der Waals surface area contributed by atoms with E-state index in [-0.39, 0.29) is 23.8 Å². The minimum atomic E-state index is -4.44. The molecule has 10 heteroatoms. The van der Waals surface area contributed by atoms with Crippen molar-refractivity contribution < 1.29 is 22.8 Å². The third-order valence-corrected chi connectivity index (χ3v) is 6.11. The first kappa shape index (κ1) is 21.9. The van der Waals surface area contributed by atoms with Gasteiger partial charge in [-0.2, -0.15) is 13.2 Å². The highest BCUT2D eigenvalue weighted by Crippen LogP contribution is 2.29. The largest absolute Gasteiger partial charge is 0.416 e. The van der Waals surface area contributed by atoms with Crippen molar-refractivity contribution in [3.05, 3.63) is 71.0 Å². The summed E-state index contributed by atoms with van der Waals surface area (Å²) in [7, 11) is 0. The smallest absolute Gasteiger partial charge is 0.339 e. The van der Waals surface area contributed by atoms with Crippen LogP contribution in [0.2, 0.25) is 0 Å². The number of pyridine rings is 1. The SMILES string of the molecule is O=C(Cc1csc(-c2cccnc2)n1)N1CCN(C(=O)c2ccc(C(F)(F)F)cc2)CC1. The molecule has 32 heavy (non-hydrogen) atoms. The maximum Gasteiger partial charge on any atom is 0.416 e. The molecule has 166 valence electrons. The highest BCUT2D eigenvalue weighted by Gasteiger charge is 2.31. The van der Waals surface area contributed by atoms with Crippen LogP contribution in [-0.4, -0.2) is 57.8 Å². The molecule has 0 radical (unpaired) electrons. The van der Waals surface area contributed by atoms with Gasteiger partial charge in [0.05, 0.1) is 17.7 Å². The van der Waals surface area contributed by atoms with Gasteiger partial charge in [0.25, 0.3) is 5.91 Å². The summed E-state index contributed by atoms with van der Waals surface area (Å²) in [5.41, 5.74) is 0.982. The van der Waals surface area contributed by atoms with E-state index in [0.29, 0.717) is 31.9 Å². The fourth-order valence-corrected chi connectivity index (χ4v) is 4.23. The van der Waals surface area contributed by atoms with Crippen molar-refractivity contribution in [2.45, 2.75) is 12.6 Å². The number of hydrogen-bond donors (Lipinski definition) is 0. The van der Waals surface area contributed by atoms with Gasteiger partial charge in [0, 0.05) is 55.1 Å². The van der Waals surface area contributed by atoms with Crippen LogP contribution in [0.1, 0.15) is 21.6 Å². The number of nitrogens with zero attached hydrogens (tertiary/aromatic N) is 4. The van der Waals surface area contributed by atoms with Gasteiger partial charge in [-0.25, -0.2) is 4.98 Å². The number of rotatable bonds is 4. The number of amides is 2. The molecule has 0 saturated carbocycles. The Hall–Kier alpha value is -3.27. The number of piperazine rings is 1. The van der Waals surface area contributed by atoms with E-state index in [0.717, 1.165) is 22.7 Å². The number of aromatic nitrogens is 2. The highest BCUT2D eigenvalue weighted by atomic mass is 32.1. The molecule has 0 N–H and O–H groups in total. The molecular formula is C22H19F3N4O2S. The van der Waals surface area contributed by atoms with E-state index in [4.69, 9.17) is 0 Å². The van der Waals surface area contributed by atoms with Gasteiger partial charge >= 0.3 is 6.18 Å². The van der Waals surface area contributed by atoms with Crippen LogP contribution in [0.4, 0.5) is 13.2 Å². The molecule has 1 aromatic carbocycles. The summed E-state index contributed by atoms with van der Waals surface area (Å²) in [5.74, 6) is -0.416. The number of benzene rings is 1. The van der Waals surface area contributed by atoms with E-state index < -0.39 is 11.7 Å². The quantitative estimate of drug-likeness (QED) is 0.595. The molecule has 0 spiro atoms. The molecule has 1 saturated heterocycles. The minimum Gasteiger partial charge on any atom is -0.339 e. The predicted octanol–water partition coefficient (Wildman–Crippen LogP) is 3.75. The summed E-state index contributed by atoms with van der Waals surface area (Å²) in [6.45, 7) is 1.38. The second-order valence-corrected chi connectivity index (χ2v) is 8.17. The lowest BCUT2D eigenvalue weighted by Gasteiger charge is -2.34. The Morgan fingerprint density at radius 3 is 2.31 bits per heavy atom. The predicted molar refractivity (Wildman–Crippen MR) is 113 cm³/mol.